The molecule has 0 saturated carbocycles. The number of carbonyl (C=O) groups is 1. The van der Waals surface area contributed by atoms with Gasteiger partial charge in [0.05, 0.1) is 0 Å². The fourth-order valence-corrected chi connectivity index (χ4v) is 1.29. The van der Waals surface area contributed by atoms with Crippen molar-refractivity contribution in [3.8, 4) is 5.75 Å². The molecule has 1 rings (SSSR count). The molecule has 0 aliphatic carbocycles. The van der Waals surface area contributed by atoms with Gasteiger partial charge in [-0.15, -0.1) is 0 Å². The molecule has 17 heavy (non-hydrogen) atoms. The van der Waals surface area contributed by atoms with Crippen LogP contribution >= 0.6 is 0 Å². The summed E-state index contributed by atoms with van der Waals surface area (Å²) < 4.78 is 10.5. The standard InChI is InChI=1S/C14H18O3/c1-5-11-8-6-7-9-12(11)16-10-13(15)17-14(2,3)4/h5-9H,1,10H2,2-4H3. The van der Waals surface area contributed by atoms with Crippen molar-refractivity contribution in [3.63, 3.8) is 0 Å². The van der Waals surface area contributed by atoms with Crippen LogP contribution in [0.4, 0.5) is 0 Å². The van der Waals surface area contributed by atoms with E-state index in [1.165, 1.54) is 0 Å². The Morgan fingerprint density at radius 1 is 1.35 bits per heavy atom. The van der Waals surface area contributed by atoms with Crippen LogP contribution in [0.15, 0.2) is 30.8 Å². The molecule has 0 spiro atoms. The predicted molar refractivity (Wildman–Crippen MR) is 67.9 cm³/mol. The summed E-state index contributed by atoms with van der Waals surface area (Å²) in [6.07, 6.45) is 1.68. The Labute approximate surface area is 102 Å². The molecule has 0 radical (unpaired) electrons. The average Bonchev–Trinajstić information content (AvgIpc) is 2.24. The van der Waals surface area contributed by atoms with Crippen molar-refractivity contribution in [3.05, 3.63) is 36.4 Å². The Kier molecular flexibility index (Phi) is 4.32. The van der Waals surface area contributed by atoms with E-state index >= 15 is 0 Å². The molecule has 92 valence electrons. The molecular formula is C14H18O3. The minimum Gasteiger partial charge on any atom is -0.481 e. The molecule has 0 atom stereocenters. The van der Waals surface area contributed by atoms with Gasteiger partial charge in [-0.1, -0.05) is 30.9 Å². The third kappa shape index (κ3) is 4.72. The van der Waals surface area contributed by atoms with Crippen LogP contribution in [-0.4, -0.2) is 18.2 Å². The lowest BCUT2D eigenvalue weighted by atomic mass is 10.2. The van der Waals surface area contributed by atoms with Crippen LogP contribution < -0.4 is 4.74 Å². The van der Waals surface area contributed by atoms with E-state index in [-0.39, 0.29) is 12.6 Å². The van der Waals surface area contributed by atoms with Crippen molar-refractivity contribution in [2.45, 2.75) is 26.4 Å². The molecule has 0 saturated heterocycles. The first-order valence-corrected chi connectivity index (χ1v) is 5.48. The Bertz CT molecular complexity index is 402. The van der Waals surface area contributed by atoms with Gasteiger partial charge in [0, 0.05) is 5.56 Å². The first-order valence-electron chi connectivity index (χ1n) is 5.48. The van der Waals surface area contributed by atoms with Gasteiger partial charge in [0.25, 0.3) is 0 Å². The summed E-state index contributed by atoms with van der Waals surface area (Å²) in [5, 5.41) is 0. The summed E-state index contributed by atoms with van der Waals surface area (Å²) in [5.41, 5.74) is 0.370. The molecular weight excluding hydrogens is 216 g/mol. The van der Waals surface area contributed by atoms with E-state index in [0.29, 0.717) is 5.75 Å². The minimum absolute atomic E-state index is 0.0951. The summed E-state index contributed by atoms with van der Waals surface area (Å²) in [6, 6.07) is 7.40. The first-order chi connectivity index (χ1) is 7.92. The van der Waals surface area contributed by atoms with Crippen LogP contribution in [0, 0.1) is 0 Å². The molecule has 3 heteroatoms. The van der Waals surface area contributed by atoms with Gasteiger partial charge in [0.1, 0.15) is 11.4 Å². The second kappa shape index (κ2) is 5.53. The van der Waals surface area contributed by atoms with Crippen LogP contribution in [-0.2, 0) is 9.53 Å². The number of hydrogen-bond donors (Lipinski definition) is 0. The number of para-hydroxylation sites is 1. The Balaban J connectivity index is 2.56. The van der Waals surface area contributed by atoms with E-state index in [1.54, 1.807) is 12.1 Å². The predicted octanol–water partition coefficient (Wildman–Crippen LogP) is 3.05. The second-order valence-electron chi connectivity index (χ2n) is 4.62. The highest BCUT2D eigenvalue weighted by Gasteiger charge is 2.16. The lowest BCUT2D eigenvalue weighted by Gasteiger charge is -2.19. The van der Waals surface area contributed by atoms with Crippen molar-refractivity contribution in [2.75, 3.05) is 6.61 Å². The highest BCUT2D eigenvalue weighted by atomic mass is 16.6. The molecule has 3 nitrogen and oxygen atoms in total. The van der Waals surface area contributed by atoms with E-state index < -0.39 is 5.60 Å². The fraction of sp³-hybridized carbons (Fsp3) is 0.357. The molecule has 0 bridgehead atoms. The lowest BCUT2D eigenvalue weighted by Crippen LogP contribution is -2.27. The number of ether oxygens (including phenoxy) is 2. The van der Waals surface area contributed by atoms with Gasteiger partial charge in [0.2, 0.25) is 0 Å². The molecule has 1 aromatic rings. The van der Waals surface area contributed by atoms with Gasteiger partial charge in [-0.2, -0.15) is 0 Å². The molecule has 0 aromatic heterocycles. The quantitative estimate of drug-likeness (QED) is 0.751. The van der Waals surface area contributed by atoms with Crippen LogP contribution in [0.3, 0.4) is 0 Å². The summed E-state index contributed by atoms with van der Waals surface area (Å²) >= 11 is 0. The van der Waals surface area contributed by atoms with Crippen LogP contribution in [0.2, 0.25) is 0 Å². The largest absolute Gasteiger partial charge is 0.481 e. The van der Waals surface area contributed by atoms with Crippen molar-refractivity contribution >= 4 is 12.0 Å². The zero-order valence-electron chi connectivity index (χ0n) is 10.5. The molecule has 0 aliphatic heterocycles. The monoisotopic (exact) mass is 234 g/mol. The fourth-order valence-electron chi connectivity index (χ4n) is 1.29. The van der Waals surface area contributed by atoms with E-state index in [9.17, 15) is 4.79 Å². The zero-order chi connectivity index (χ0) is 12.9. The summed E-state index contributed by atoms with van der Waals surface area (Å²) in [6.45, 7) is 9.05. The highest BCUT2D eigenvalue weighted by Crippen LogP contribution is 2.19. The maximum absolute atomic E-state index is 11.5. The van der Waals surface area contributed by atoms with E-state index in [1.807, 2.05) is 39.0 Å². The zero-order valence-corrected chi connectivity index (χ0v) is 10.5. The van der Waals surface area contributed by atoms with Gasteiger partial charge in [-0.05, 0) is 26.8 Å². The normalized spacial score (nSPS) is 10.8. The number of esters is 1. The van der Waals surface area contributed by atoms with Gasteiger partial charge < -0.3 is 9.47 Å². The molecule has 0 N–H and O–H groups in total. The van der Waals surface area contributed by atoms with Gasteiger partial charge in [0.15, 0.2) is 6.61 Å². The molecule has 0 heterocycles. The Hall–Kier alpha value is -1.77. The van der Waals surface area contributed by atoms with Crippen LogP contribution in [0.1, 0.15) is 26.3 Å². The van der Waals surface area contributed by atoms with Gasteiger partial charge in [-0.25, -0.2) is 4.79 Å². The van der Waals surface area contributed by atoms with Crippen LogP contribution in [0.25, 0.3) is 6.08 Å². The van der Waals surface area contributed by atoms with E-state index in [2.05, 4.69) is 6.58 Å². The summed E-state index contributed by atoms with van der Waals surface area (Å²) in [5.74, 6) is 0.254. The topological polar surface area (TPSA) is 35.5 Å². The third-order valence-electron chi connectivity index (χ3n) is 1.90. The lowest BCUT2D eigenvalue weighted by molar-refractivity contribution is -0.157. The minimum atomic E-state index is -0.488. The molecule has 0 fully saturated rings. The Morgan fingerprint density at radius 3 is 2.59 bits per heavy atom. The molecule has 0 aliphatic rings. The number of hydrogen-bond acceptors (Lipinski definition) is 3. The number of carbonyl (C=O) groups excluding carboxylic acids is 1. The van der Waals surface area contributed by atoms with Crippen molar-refractivity contribution in [1.29, 1.82) is 0 Å². The summed E-state index contributed by atoms with van der Waals surface area (Å²) in [7, 11) is 0. The van der Waals surface area contributed by atoms with E-state index in [4.69, 9.17) is 9.47 Å². The van der Waals surface area contributed by atoms with Crippen molar-refractivity contribution in [2.24, 2.45) is 0 Å². The van der Waals surface area contributed by atoms with Crippen molar-refractivity contribution < 1.29 is 14.3 Å². The molecule has 0 unspecified atom stereocenters. The maximum Gasteiger partial charge on any atom is 0.344 e. The second-order valence-corrected chi connectivity index (χ2v) is 4.62. The average molecular weight is 234 g/mol. The first kappa shape index (κ1) is 13.3. The third-order valence-corrected chi connectivity index (χ3v) is 1.90. The number of benzene rings is 1. The van der Waals surface area contributed by atoms with Crippen LogP contribution in [0.5, 0.6) is 5.75 Å². The van der Waals surface area contributed by atoms with Crippen molar-refractivity contribution in [1.82, 2.24) is 0 Å². The molecule has 0 amide bonds. The maximum atomic E-state index is 11.5. The van der Waals surface area contributed by atoms with Gasteiger partial charge >= 0.3 is 5.97 Å². The smallest absolute Gasteiger partial charge is 0.344 e. The number of rotatable bonds is 4. The Morgan fingerprint density at radius 2 is 2.00 bits per heavy atom. The highest BCUT2D eigenvalue weighted by molar-refractivity contribution is 5.71. The molecule has 1 aromatic carbocycles. The SMILES string of the molecule is C=Cc1ccccc1OCC(=O)OC(C)(C)C. The summed E-state index contributed by atoms with van der Waals surface area (Å²) in [4.78, 5) is 11.5. The van der Waals surface area contributed by atoms with E-state index in [0.717, 1.165) is 5.56 Å². The van der Waals surface area contributed by atoms with Gasteiger partial charge in [-0.3, -0.25) is 0 Å².